The number of fused-ring (bicyclic) bond motifs is 1. The minimum absolute atomic E-state index is 0.0308. The molecule has 0 aromatic heterocycles. The molecule has 3 heteroatoms. The van der Waals surface area contributed by atoms with E-state index in [0.717, 1.165) is 23.1 Å². The van der Waals surface area contributed by atoms with Gasteiger partial charge in [0.1, 0.15) is 11.9 Å². The van der Waals surface area contributed by atoms with E-state index in [1.165, 1.54) is 16.7 Å². The first-order valence-electron chi connectivity index (χ1n) is 5.19. The van der Waals surface area contributed by atoms with Gasteiger partial charge in [0, 0.05) is 4.47 Å². The lowest BCUT2D eigenvalue weighted by molar-refractivity contribution is 0.0970. The predicted molar refractivity (Wildman–Crippen MR) is 63.4 cm³/mol. The predicted octanol–water partition coefficient (Wildman–Crippen LogP) is 2.75. The van der Waals surface area contributed by atoms with Crippen molar-refractivity contribution in [2.75, 3.05) is 6.61 Å². The summed E-state index contributed by atoms with van der Waals surface area (Å²) in [6.45, 7) is 4.25. The Morgan fingerprint density at radius 3 is 2.87 bits per heavy atom. The summed E-state index contributed by atoms with van der Waals surface area (Å²) in [4.78, 5) is 0. The summed E-state index contributed by atoms with van der Waals surface area (Å²) in [7, 11) is 0. The average Bonchev–Trinajstić information content (AvgIpc) is 2.26. The highest BCUT2D eigenvalue weighted by Gasteiger charge is 2.22. The normalized spacial score (nSPS) is 19.6. The van der Waals surface area contributed by atoms with E-state index in [4.69, 9.17) is 9.84 Å². The Hall–Kier alpha value is -0.540. The third-order valence-corrected chi connectivity index (χ3v) is 3.90. The zero-order chi connectivity index (χ0) is 11.0. The number of aliphatic hydroxyl groups is 1. The van der Waals surface area contributed by atoms with E-state index in [9.17, 15) is 0 Å². The van der Waals surface area contributed by atoms with Crippen LogP contribution in [0.4, 0.5) is 0 Å². The van der Waals surface area contributed by atoms with Crippen LogP contribution in [-0.4, -0.2) is 17.8 Å². The van der Waals surface area contributed by atoms with E-state index in [-0.39, 0.29) is 12.7 Å². The van der Waals surface area contributed by atoms with Gasteiger partial charge in [0.05, 0.1) is 6.61 Å². The number of halogens is 1. The molecule has 0 radical (unpaired) electrons. The van der Waals surface area contributed by atoms with Crippen LogP contribution < -0.4 is 4.74 Å². The SMILES string of the molecule is Cc1c(Br)cc2c(c1C)OC(CO)CC2. The van der Waals surface area contributed by atoms with Crippen molar-refractivity contribution < 1.29 is 9.84 Å². The first-order chi connectivity index (χ1) is 7.13. The van der Waals surface area contributed by atoms with Crippen molar-refractivity contribution in [2.45, 2.75) is 32.8 Å². The lowest BCUT2D eigenvalue weighted by Crippen LogP contribution is -2.26. The summed E-state index contributed by atoms with van der Waals surface area (Å²) in [6.07, 6.45) is 1.86. The third kappa shape index (κ3) is 1.91. The van der Waals surface area contributed by atoms with E-state index >= 15 is 0 Å². The highest BCUT2D eigenvalue weighted by atomic mass is 79.9. The number of hydrogen-bond acceptors (Lipinski definition) is 2. The molecule has 0 amide bonds. The molecule has 82 valence electrons. The maximum Gasteiger partial charge on any atom is 0.126 e. The molecule has 15 heavy (non-hydrogen) atoms. The van der Waals surface area contributed by atoms with Crippen LogP contribution in [0.15, 0.2) is 10.5 Å². The average molecular weight is 271 g/mol. The molecular formula is C12H15BrO2. The molecule has 1 heterocycles. The summed E-state index contributed by atoms with van der Waals surface area (Å²) >= 11 is 3.55. The Kier molecular flexibility index (Phi) is 3.03. The van der Waals surface area contributed by atoms with Crippen LogP contribution in [0.3, 0.4) is 0 Å². The Morgan fingerprint density at radius 2 is 2.20 bits per heavy atom. The molecule has 2 rings (SSSR count). The van der Waals surface area contributed by atoms with Gasteiger partial charge in [-0.2, -0.15) is 0 Å². The molecule has 0 saturated carbocycles. The van der Waals surface area contributed by atoms with Crippen LogP contribution in [0.5, 0.6) is 5.75 Å². The molecule has 2 nitrogen and oxygen atoms in total. The van der Waals surface area contributed by atoms with Crippen molar-refractivity contribution in [3.63, 3.8) is 0 Å². The van der Waals surface area contributed by atoms with Gasteiger partial charge < -0.3 is 9.84 Å². The van der Waals surface area contributed by atoms with Gasteiger partial charge in [-0.25, -0.2) is 0 Å². The van der Waals surface area contributed by atoms with Gasteiger partial charge in [-0.1, -0.05) is 15.9 Å². The van der Waals surface area contributed by atoms with Crippen molar-refractivity contribution in [1.82, 2.24) is 0 Å². The monoisotopic (exact) mass is 270 g/mol. The first kappa shape index (κ1) is 11.0. The Morgan fingerprint density at radius 1 is 1.47 bits per heavy atom. The molecule has 0 fully saturated rings. The molecule has 1 aromatic rings. The third-order valence-electron chi connectivity index (χ3n) is 3.08. The molecule has 0 spiro atoms. The van der Waals surface area contributed by atoms with E-state index in [1.54, 1.807) is 0 Å². The minimum Gasteiger partial charge on any atom is -0.487 e. The number of ether oxygens (including phenoxy) is 1. The topological polar surface area (TPSA) is 29.5 Å². The number of rotatable bonds is 1. The minimum atomic E-state index is -0.0308. The second-order valence-corrected chi connectivity index (χ2v) is 4.91. The summed E-state index contributed by atoms with van der Waals surface area (Å²) in [5, 5.41) is 9.10. The molecule has 0 bridgehead atoms. The summed E-state index contributed by atoms with van der Waals surface area (Å²) in [5.74, 6) is 0.973. The van der Waals surface area contributed by atoms with Crippen LogP contribution in [-0.2, 0) is 6.42 Å². The number of aliphatic hydroxyl groups excluding tert-OH is 1. The van der Waals surface area contributed by atoms with Gasteiger partial charge >= 0.3 is 0 Å². The molecule has 1 aromatic carbocycles. The summed E-state index contributed by atoms with van der Waals surface area (Å²) in [5.41, 5.74) is 3.64. The smallest absolute Gasteiger partial charge is 0.126 e. The van der Waals surface area contributed by atoms with E-state index in [0.29, 0.717) is 0 Å². The van der Waals surface area contributed by atoms with Gasteiger partial charge in [0.25, 0.3) is 0 Å². The molecule has 1 aliphatic heterocycles. The zero-order valence-electron chi connectivity index (χ0n) is 9.01. The van der Waals surface area contributed by atoms with Crippen LogP contribution >= 0.6 is 15.9 Å². The molecule has 0 aliphatic carbocycles. The highest BCUT2D eigenvalue weighted by Crippen LogP contribution is 2.36. The van der Waals surface area contributed by atoms with Gasteiger partial charge in [0.15, 0.2) is 0 Å². The van der Waals surface area contributed by atoms with Gasteiger partial charge in [-0.15, -0.1) is 0 Å². The summed E-state index contributed by atoms with van der Waals surface area (Å²) in [6, 6.07) is 2.13. The number of aryl methyl sites for hydroxylation is 1. The first-order valence-corrected chi connectivity index (χ1v) is 5.99. The maximum absolute atomic E-state index is 9.10. The molecule has 1 aliphatic rings. The second kappa shape index (κ2) is 4.14. The van der Waals surface area contributed by atoms with Gasteiger partial charge in [-0.3, -0.25) is 0 Å². The van der Waals surface area contributed by atoms with E-state index in [2.05, 4.69) is 35.8 Å². The zero-order valence-corrected chi connectivity index (χ0v) is 10.6. The lowest BCUT2D eigenvalue weighted by atomic mass is 9.97. The van der Waals surface area contributed by atoms with Crippen molar-refractivity contribution in [3.05, 3.63) is 27.2 Å². The van der Waals surface area contributed by atoms with E-state index < -0.39 is 0 Å². The van der Waals surface area contributed by atoms with Gasteiger partial charge in [0.2, 0.25) is 0 Å². The van der Waals surface area contributed by atoms with Crippen LogP contribution in [0.2, 0.25) is 0 Å². The molecule has 1 unspecified atom stereocenters. The Balaban J connectivity index is 2.45. The van der Waals surface area contributed by atoms with Crippen molar-refractivity contribution in [2.24, 2.45) is 0 Å². The van der Waals surface area contributed by atoms with Crippen molar-refractivity contribution in [1.29, 1.82) is 0 Å². The molecule has 1 N–H and O–H groups in total. The standard InChI is InChI=1S/C12H15BrO2/c1-7-8(2)12-9(5-11(7)13)3-4-10(6-14)15-12/h5,10,14H,3-4,6H2,1-2H3. The maximum atomic E-state index is 9.10. The second-order valence-electron chi connectivity index (χ2n) is 4.06. The largest absolute Gasteiger partial charge is 0.487 e. The van der Waals surface area contributed by atoms with Crippen molar-refractivity contribution >= 4 is 15.9 Å². The number of hydrogen-bond donors (Lipinski definition) is 1. The highest BCUT2D eigenvalue weighted by molar-refractivity contribution is 9.10. The number of benzene rings is 1. The fourth-order valence-corrected chi connectivity index (χ4v) is 2.51. The molecular weight excluding hydrogens is 256 g/mol. The lowest BCUT2D eigenvalue weighted by Gasteiger charge is -2.27. The van der Waals surface area contributed by atoms with Crippen LogP contribution in [0.1, 0.15) is 23.1 Å². The van der Waals surface area contributed by atoms with Crippen LogP contribution in [0.25, 0.3) is 0 Å². The quantitative estimate of drug-likeness (QED) is 0.851. The van der Waals surface area contributed by atoms with Gasteiger partial charge in [-0.05, 0) is 49.4 Å². The van der Waals surface area contributed by atoms with Crippen LogP contribution in [0, 0.1) is 13.8 Å². The summed E-state index contributed by atoms with van der Waals surface area (Å²) < 4.78 is 6.92. The fraction of sp³-hybridized carbons (Fsp3) is 0.500. The molecule has 1 atom stereocenters. The fourth-order valence-electron chi connectivity index (χ4n) is 1.94. The van der Waals surface area contributed by atoms with Crippen molar-refractivity contribution in [3.8, 4) is 5.75 Å². The Bertz CT molecular complexity index is 388. The molecule has 0 saturated heterocycles. The Labute approximate surface area is 98.4 Å². The van der Waals surface area contributed by atoms with E-state index in [1.807, 2.05) is 0 Å².